The zero-order valence-electron chi connectivity index (χ0n) is 13.3. The van der Waals surface area contributed by atoms with Crippen molar-refractivity contribution in [1.82, 2.24) is 0 Å². The Morgan fingerprint density at radius 1 is 0.962 bits per heavy atom. The highest BCUT2D eigenvalue weighted by atomic mass is 35.5. The van der Waals surface area contributed by atoms with Gasteiger partial charge >= 0.3 is 10.4 Å². The Balaban J connectivity index is 2.02. The minimum absolute atomic E-state index is 0.241. The van der Waals surface area contributed by atoms with Crippen LogP contribution in [0.4, 0.5) is 0 Å². The molecule has 0 aromatic heterocycles. The lowest BCUT2D eigenvalue weighted by Gasteiger charge is -2.23. The quantitative estimate of drug-likeness (QED) is 0.199. The van der Waals surface area contributed by atoms with E-state index >= 15 is 0 Å². The number of halogens is 2. The summed E-state index contributed by atoms with van der Waals surface area (Å²) in [5.74, 6) is -0.753. The van der Waals surface area contributed by atoms with Crippen molar-refractivity contribution in [3.8, 4) is 0 Å². The average Bonchev–Trinajstić information content (AvgIpc) is 2.66. The lowest BCUT2D eigenvalue weighted by Crippen LogP contribution is -2.35. The van der Waals surface area contributed by atoms with Crippen LogP contribution in [0.3, 0.4) is 0 Å². The highest BCUT2D eigenvalue weighted by Crippen LogP contribution is 2.40. The van der Waals surface area contributed by atoms with Gasteiger partial charge in [0.2, 0.25) is 6.10 Å². The molecule has 0 fully saturated rings. The fourth-order valence-electron chi connectivity index (χ4n) is 2.56. The fourth-order valence-corrected chi connectivity index (χ4v) is 2.90. The van der Waals surface area contributed by atoms with Crippen LogP contribution in [0.2, 0.25) is 0 Å². The van der Waals surface area contributed by atoms with E-state index in [9.17, 15) is 14.9 Å². The maximum Gasteiger partial charge on any atom is 0.411 e. The molecule has 3 rings (SSSR count). The van der Waals surface area contributed by atoms with Crippen LogP contribution in [0.1, 0.15) is 22.0 Å². The lowest BCUT2D eigenvalue weighted by atomic mass is 10.0. The highest BCUT2D eigenvalue weighted by Gasteiger charge is 2.51. The number of nitrogens with zero attached hydrogens (tertiary/aromatic N) is 1. The molecule has 1 atom stereocenters. The molecule has 0 saturated carbocycles. The monoisotopic (exact) mass is 389 g/mol. The van der Waals surface area contributed by atoms with E-state index in [1.54, 1.807) is 36.4 Å². The molecule has 0 saturated heterocycles. The maximum atomic E-state index is 12.4. The number of benzene rings is 3. The van der Waals surface area contributed by atoms with Crippen LogP contribution in [0.25, 0.3) is 10.8 Å². The number of alkyl halides is 2. The molecule has 0 N–H and O–H groups in total. The first-order valence-corrected chi connectivity index (χ1v) is 8.42. The van der Waals surface area contributed by atoms with E-state index in [1.165, 1.54) is 12.1 Å². The fraction of sp³-hybridized carbons (Fsp3) is 0.105. The summed E-state index contributed by atoms with van der Waals surface area (Å²) < 4.78 is 2.82. The molecule has 0 aliphatic carbocycles. The van der Waals surface area contributed by atoms with Crippen LogP contribution < -0.4 is 0 Å². The van der Waals surface area contributed by atoms with E-state index in [0.29, 0.717) is 5.56 Å². The van der Waals surface area contributed by atoms with Crippen molar-refractivity contribution in [3.05, 3.63) is 94.0 Å². The van der Waals surface area contributed by atoms with E-state index in [4.69, 9.17) is 27.9 Å². The van der Waals surface area contributed by atoms with Crippen molar-refractivity contribution >= 4 is 39.9 Å². The van der Waals surface area contributed by atoms with Crippen LogP contribution in [0.15, 0.2) is 72.8 Å². The van der Waals surface area contributed by atoms with Crippen molar-refractivity contribution in [2.24, 2.45) is 0 Å². The van der Waals surface area contributed by atoms with Gasteiger partial charge in [-0.3, -0.25) is 10.1 Å². The van der Waals surface area contributed by atoms with Crippen LogP contribution in [0.5, 0.6) is 0 Å². The predicted octanol–water partition coefficient (Wildman–Crippen LogP) is 5.15. The van der Waals surface area contributed by atoms with Crippen molar-refractivity contribution in [1.29, 1.82) is 0 Å². The number of hydrogen-bond acceptors (Lipinski definition) is 4. The molecule has 3 aromatic carbocycles. The van der Waals surface area contributed by atoms with Gasteiger partial charge in [0.05, 0.1) is 10.5 Å². The smallest absolute Gasteiger partial charge is 0.411 e. The maximum absolute atomic E-state index is 12.4. The molecular weight excluding hydrogens is 377 g/mol. The first-order chi connectivity index (χ1) is 12.4. The number of nitro groups is 1. The van der Waals surface area contributed by atoms with Gasteiger partial charge in [0.1, 0.15) is 0 Å². The van der Waals surface area contributed by atoms with Gasteiger partial charge in [0.25, 0.3) is 0 Å². The van der Waals surface area contributed by atoms with Crippen LogP contribution >= 0.6 is 23.2 Å². The second-order valence-electron chi connectivity index (χ2n) is 5.60. The lowest BCUT2D eigenvalue weighted by molar-refractivity contribution is -0.528. The summed E-state index contributed by atoms with van der Waals surface area (Å²) in [6, 6.07) is 20.6. The number of hydrogen-bond donors (Lipinski definition) is 0. The number of esters is 1. The number of ether oxygens (including phenoxy) is 1. The average molecular weight is 390 g/mol. The minimum Gasteiger partial charge on any atom is -0.443 e. The Labute approximate surface area is 159 Å². The summed E-state index contributed by atoms with van der Waals surface area (Å²) in [6.45, 7) is 0. The highest BCUT2D eigenvalue weighted by molar-refractivity contribution is 6.47. The second kappa shape index (κ2) is 7.32. The second-order valence-corrected chi connectivity index (χ2v) is 6.95. The van der Waals surface area contributed by atoms with Gasteiger partial charge in [-0.2, -0.15) is 0 Å². The SMILES string of the molecule is O=C(OC(c1ccc2ccccc2c1)C(Cl)(Cl)[N+](=O)[O-])c1ccccc1. The third-order valence-electron chi connectivity index (χ3n) is 3.87. The molecule has 0 spiro atoms. The van der Waals surface area contributed by atoms with Gasteiger partial charge in [0, 0.05) is 5.56 Å². The zero-order chi connectivity index (χ0) is 18.7. The number of fused-ring (bicyclic) bond motifs is 1. The topological polar surface area (TPSA) is 69.4 Å². The summed E-state index contributed by atoms with van der Waals surface area (Å²) in [6.07, 6.45) is -1.49. The van der Waals surface area contributed by atoms with E-state index in [2.05, 4.69) is 0 Å². The Morgan fingerprint density at radius 2 is 1.58 bits per heavy atom. The van der Waals surface area contributed by atoms with Gasteiger partial charge in [-0.1, -0.05) is 54.6 Å². The van der Waals surface area contributed by atoms with Crippen molar-refractivity contribution in [3.63, 3.8) is 0 Å². The molecular formula is C19H13Cl2NO4. The third-order valence-corrected chi connectivity index (χ3v) is 4.54. The summed E-state index contributed by atoms with van der Waals surface area (Å²) >= 11 is 11.9. The van der Waals surface area contributed by atoms with Crippen LogP contribution in [-0.2, 0) is 4.74 Å². The standard InChI is InChI=1S/C19H13Cl2NO4/c20-19(21,22(24)25)17(26-18(23)14-7-2-1-3-8-14)16-11-10-13-6-4-5-9-15(13)12-16/h1-12,17H. The molecule has 26 heavy (non-hydrogen) atoms. The molecule has 0 aliphatic rings. The van der Waals surface area contributed by atoms with Gasteiger partial charge in [-0.25, -0.2) is 4.79 Å². The van der Waals surface area contributed by atoms with Gasteiger partial charge in [0.15, 0.2) is 0 Å². The Morgan fingerprint density at radius 3 is 2.23 bits per heavy atom. The molecule has 0 heterocycles. The largest absolute Gasteiger partial charge is 0.443 e. The Hall–Kier alpha value is -2.63. The summed E-state index contributed by atoms with van der Waals surface area (Å²) in [4.78, 5) is 22.9. The number of carbonyl (C=O) groups excluding carboxylic acids is 1. The van der Waals surface area contributed by atoms with Crippen LogP contribution in [0, 0.1) is 10.1 Å². The number of rotatable bonds is 5. The predicted molar refractivity (Wildman–Crippen MR) is 100.0 cm³/mol. The van der Waals surface area contributed by atoms with E-state index in [0.717, 1.165) is 10.8 Å². The molecule has 3 aromatic rings. The Bertz CT molecular complexity index is 960. The normalized spacial score (nSPS) is 12.5. The third kappa shape index (κ3) is 3.64. The van der Waals surface area contributed by atoms with Gasteiger partial charge in [-0.15, -0.1) is 0 Å². The van der Waals surface area contributed by atoms with Crippen LogP contribution in [-0.4, -0.2) is 15.3 Å². The minimum atomic E-state index is -2.53. The summed E-state index contributed by atoms with van der Waals surface area (Å²) in [5, 5.41) is 13.1. The Kier molecular flexibility index (Phi) is 5.11. The molecule has 1 unspecified atom stereocenters. The molecule has 132 valence electrons. The number of carbonyl (C=O) groups is 1. The van der Waals surface area contributed by atoms with Crippen molar-refractivity contribution in [2.75, 3.05) is 0 Å². The van der Waals surface area contributed by atoms with Gasteiger partial charge in [-0.05, 0) is 52.2 Å². The summed E-state index contributed by atoms with van der Waals surface area (Å²) in [7, 11) is 0. The first kappa shape index (κ1) is 18.2. The molecule has 0 aliphatic heterocycles. The van der Waals surface area contributed by atoms with Crippen molar-refractivity contribution < 1.29 is 14.5 Å². The van der Waals surface area contributed by atoms with E-state index in [-0.39, 0.29) is 5.56 Å². The van der Waals surface area contributed by atoms with E-state index in [1.807, 2.05) is 24.3 Å². The molecule has 0 amide bonds. The molecule has 0 radical (unpaired) electrons. The molecule has 5 nitrogen and oxygen atoms in total. The first-order valence-electron chi connectivity index (χ1n) is 7.66. The molecule has 7 heteroatoms. The van der Waals surface area contributed by atoms with Crippen molar-refractivity contribution in [2.45, 2.75) is 10.6 Å². The molecule has 0 bridgehead atoms. The zero-order valence-corrected chi connectivity index (χ0v) is 14.9. The van der Waals surface area contributed by atoms with Gasteiger partial charge < -0.3 is 4.74 Å². The summed E-state index contributed by atoms with van der Waals surface area (Å²) in [5.41, 5.74) is 0.570. The van der Waals surface area contributed by atoms with E-state index < -0.39 is 21.5 Å².